The van der Waals surface area contributed by atoms with Crippen LogP contribution in [0.15, 0.2) is 22.7 Å². The Labute approximate surface area is 118 Å². The molecule has 1 saturated carbocycles. The quantitative estimate of drug-likeness (QED) is 0.861. The van der Waals surface area contributed by atoms with Gasteiger partial charge in [0.1, 0.15) is 5.82 Å². The first-order valence-corrected chi connectivity index (χ1v) is 6.77. The lowest BCUT2D eigenvalue weighted by atomic mass is 9.95. The zero-order valence-electron chi connectivity index (χ0n) is 10.2. The molecule has 19 heavy (non-hydrogen) atoms. The zero-order chi connectivity index (χ0) is 14.0. The van der Waals surface area contributed by atoms with Gasteiger partial charge < -0.3 is 11.1 Å². The van der Waals surface area contributed by atoms with E-state index in [1.165, 1.54) is 6.07 Å². The Morgan fingerprint density at radius 1 is 1.42 bits per heavy atom. The van der Waals surface area contributed by atoms with Crippen LogP contribution in [-0.4, -0.2) is 18.4 Å². The van der Waals surface area contributed by atoms with Gasteiger partial charge in [0.15, 0.2) is 0 Å². The number of carbonyl (C=O) groups excluding carboxylic acids is 2. The smallest absolute Gasteiger partial charge is 0.230 e. The van der Waals surface area contributed by atoms with E-state index in [2.05, 4.69) is 21.2 Å². The molecule has 1 fully saturated rings. The van der Waals surface area contributed by atoms with Crippen molar-refractivity contribution in [1.82, 2.24) is 5.32 Å². The minimum atomic E-state index is -0.640. The molecule has 0 aromatic heterocycles. The Morgan fingerprint density at radius 3 is 2.63 bits per heavy atom. The van der Waals surface area contributed by atoms with Crippen LogP contribution in [-0.2, 0) is 15.0 Å². The molecule has 3 N–H and O–H groups in total. The van der Waals surface area contributed by atoms with Crippen molar-refractivity contribution >= 4 is 27.7 Å². The summed E-state index contributed by atoms with van der Waals surface area (Å²) in [5.74, 6) is -1.01. The van der Waals surface area contributed by atoms with Crippen molar-refractivity contribution < 1.29 is 14.0 Å². The molecule has 0 aliphatic heterocycles. The number of carbonyl (C=O) groups is 2. The zero-order valence-corrected chi connectivity index (χ0v) is 11.8. The molecule has 1 aromatic rings. The molecule has 6 heteroatoms. The highest BCUT2D eigenvalue weighted by Gasteiger charge is 2.51. The minimum absolute atomic E-state index is 0.108. The molecule has 1 aromatic carbocycles. The number of benzene rings is 1. The largest absolute Gasteiger partial charge is 0.370 e. The maximum atomic E-state index is 13.5. The van der Waals surface area contributed by atoms with Crippen LogP contribution in [0.2, 0.25) is 0 Å². The summed E-state index contributed by atoms with van der Waals surface area (Å²) in [5.41, 5.74) is 5.04. The monoisotopic (exact) mass is 328 g/mol. The second-order valence-corrected chi connectivity index (χ2v) is 5.54. The van der Waals surface area contributed by atoms with E-state index in [-0.39, 0.29) is 24.7 Å². The molecule has 102 valence electrons. The molecule has 0 saturated heterocycles. The number of hydrogen-bond acceptors (Lipinski definition) is 2. The van der Waals surface area contributed by atoms with E-state index in [4.69, 9.17) is 5.73 Å². The summed E-state index contributed by atoms with van der Waals surface area (Å²) in [7, 11) is 0. The maximum absolute atomic E-state index is 13.5. The number of amides is 2. The van der Waals surface area contributed by atoms with Crippen LogP contribution >= 0.6 is 15.9 Å². The first kappa shape index (κ1) is 14.0. The summed E-state index contributed by atoms with van der Waals surface area (Å²) >= 11 is 3.08. The van der Waals surface area contributed by atoms with Crippen LogP contribution in [0.5, 0.6) is 0 Å². The molecule has 0 bridgehead atoms. The molecule has 1 aliphatic rings. The van der Waals surface area contributed by atoms with E-state index in [0.717, 1.165) is 0 Å². The standard InChI is InChI=1S/C13H14BrFN2O2/c14-9-2-1-8(7-10(9)15)13(4-5-13)12(19)17-6-3-11(16)18/h1-2,7H,3-6H2,(H2,16,18)(H,17,19). The van der Waals surface area contributed by atoms with Crippen LogP contribution in [0.25, 0.3) is 0 Å². The van der Waals surface area contributed by atoms with Crippen molar-refractivity contribution in [2.24, 2.45) is 5.73 Å². The second kappa shape index (κ2) is 5.28. The molecule has 2 amide bonds. The van der Waals surface area contributed by atoms with E-state index in [1.54, 1.807) is 12.1 Å². The van der Waals surface area contributed by atoms with Gasteiger partial charge in [-0.05, 0) is 46.5 Å². The summed E-state index contributed by atoms with van der Waals surface area (Å²) in [6, 6.07) is 4.72. The summed E-state index contributed by atoms with van der Waals surface area (Å²) in [4.78, 5) is 22.7. The van der Waals surface area contributed by atoms with Gasteiger partial charge in [0, 0.05) is 13.0 Å². The Hall–Kier alpha value is -1.43. The van der Waals surface area contributed by atoms with E-state index in [0.29, 0.717) is 22.9 Å². The van der Waals surface area contributed by atoms with Gasteiger partial charge in [-0.1, -0.05) is 6.07 Å². The Kier molecular flexibility index (Phi) is 3.89. The third kappa shape index (κ3) is 2.94. The topological polar surface area (TPSA) is 72.2 Å². The molecular weight excluding hydrogens is 315 g/mol. The van der Waals surface area contributed by atoms with Crippen molar-refractivity contribution in [2.75, 3.05) is 6.54 Å². The Morgan fingerprint density at radius 2 is 2.11 bits per heavy atom. The Bertz CT molecular complexity index is 529. The van der Waals surface area contributed by atoms with Crippen LogP contribution in [0.4, 0.5) is 4.39 Å². The van der Waals surface area contributed by atoms with Gasteiger partial charge in [0.25, 0.3) is 0 Å². The van der Waals surface area contributed by atoms with Crippen LogP contribution in [0, 0.1) is 5.82 Å². The van der Waals surface area contributed by atoms with Crippen LogP contribution in [0.3, 0.4) is 0 Å². The van der Waals surface area contributed by atoms with Crippen molar-refractivity contribution in [3.63, 3.8) is 0 Å². The van der Waals surface area contributed by atoms with E-state index in [1.807, 2.05) is 0 Å². The van der Waals surface area contributed by atoms with Gasteiger partial charge >= 0.3 is 0 Å². The molecule has 0 heterocycles. The number of halogens is 2. The third-order valence-electron chi connectivity index (χ3n) is 3.31. The number of rotatable bonds is 5. The lowest BCUT2D eigenvalue weighted by Gasteiger charge is -2.15. The lowest BCUT2D eigenvalue weighted by molar-refractivity contribution is -0.123. The lowest BCUT2D eigenvalue weighted by Crippen LogP contribution is -2.36. The van der Waals surface area contributed by atoms with Crippen molar-refractivity contribution in [2.45, 2.75) is 24.7 Å². The van der Waals surface area contributed by atoms with Crippen LogP contribution < -0.4 is 11.1 Å². The van der Waals surface area contributed by atoms with Crippen molar-refractivity contribution in [3.8, 4) is 0 Å². The second-order valence-electron chi connectivity index (χ2n) is 4.68. The molecule has 0 spiro atoms. The van der Waals surface area contributed by atoms with Gasteiger partial charge in [-0.15, -0.1) is 0 Å². The molecule has 0 atom stereocenters. The number of hydrogen-bond donors (Lipinski definition) is 2. The molecule has 1 aliphatic carbocycles. The van der Waals surface area contributed by atoms with Gasteiger partial charge in [0.05, 0.1) is 9.89 Å². The molecule has 0 unspecified atom stereocenters. The van der Waals surface area contributed by atoms with E-state index < -0.39 is 11.3 Å². The first-order valence-electron chi connectivity index (χ1n) is 5.98. The fourth-order valence-electron chi connectivity index (χ4n) is 2.03. The average Bonchev–Trinajstić information content (AvgIpc) is 3.13. The van der Waals surface area contributed by atoms with Crippen molar-refractivity contribution in [1.29, 1.82) is 0 Å². The number of primary amides is 1. The molecule has 0 radical (unpaired) electrons. The van der Waals surface area contributed by atoms with E-state index >= 15 is 0 Å². The Balaban J connectivity index is 2.07. The summed E-state index contributed by atoms with van der Waals surface area (Å²) in [6.45, 7) is 0.217. The van der Waals surface area contributed by atoms with Gasteiger partial charge in [0.2, 0.25) is 11.8 Å². The van der Waals surface area contributed by atoms with Gasteiger partial charge in [-0.2, -0.15) is 0 Å². The summed E-state index contributed by atoms with van der Waals surface area (Å²) < 4.78 is 13.9. The highest BCUT2D eigenvalue weighted by atomic mass is 79.9. The van der Waals surface area contributed by atoms with E-state index in [9.17, 15) is 14.0 Å². The summed E-state index contributed by atoms with van der Waals surface area (Å²) in [6.07, 6.45) is 1.49. The fraction of sp³-hybridized carbons (Fsp3) is 0.385. The maximum Gasteiger partial charge on any atom is 0.230 e. The van der Waals surface area contributed by atoms with Crippen molar-refractivity contribution in [3.05, 3.63) is 34.1 Å². The molecule has 2 rings (SSSR count). The minimum Gasteiger partial charge on any atom is -0.370 e. The number of nitrogens with two attached hydrogens (primary N) is 1. The highest BCUT2D eigenvalue weighted by molar-refractivity contribution is 9.10. The van der Waals surface area contributed by atoms with Gasteiger partial charge in [-0.3, -0.25) is 9.59 Å². The number of nitrogens with one attached hydrogen (secondary N) is 1. The summed E-state index contributed by atoms with van der Waals surface area (Å²) in [5, 5.41) is 2.68. The third-order valence-corrected chi connectivity index (χ3v) is 3.96. The average molecular weight is 329 g/mol. The fourth-order valence-corrected chi connectivity index (χ4v) is 2.28. The van der Waals surface area contributed by atoms with Crippen LogP contribution in [0.1, 0.15) is 24.8 Å². The molecular formula is C13H14BrFN2O2. The SMILES string of the molecule is NC(=O)CCNC(=O)C1(c2ccc(Br)c(F)c2)CC1. The van der Waals surface area contributed by atoms with Gasteiger partial charge in [-0.25, -0.2) is 4.39 Å². The normalized spacial score (nSPS) is 15.9. The first-order chi connectivity index (χ1) is 8.95. The molecule has 4 nitrogen and oxygen atoms in total. The highest BCUT2D eigenvalue weighted by Crippen LogP contribution is 2.48. The predicted octanol–water partition coefficient (Wildman–Crippen LogP) is 1.61. The predicted molar refractivity (Wildman–Crippen MR) is 71.8 cm³/mol.